The summed E-state index contributed by atoms with van der Waals surface area (Å²) in [6.07, 6.45) is -0.576. The predicted molar refractivity (Wildman–Crippen MR) is 91.9 cm³/mol. The zero-order valence-corrected chi connectivity index (χ0v) is 18.6. The second-order valence-corrected chi connectivity index (χ2v) is 7.28. The molecule has 13 nitrogen and oxygen atoms in total. The number of carbonyl (C=O) groups excluding carboxylic acids is 3. The average Bonchev–Trinajstić information content (AvgIpc) is 3.01. The van der Waals surface area contributed by atoms with E-state index >= 15 is 0 Å². The zero-order valence-electron chi connectivity index (χ0n) is 16.0. The topological polar surface area (TPSA) is 191 Å². The first-order valence-electron chi connectivity index (χ1n) is 7.11. The van der Waals surface area contributed by atoms with Crippen molar-refractivity contribution in [1.29, 1.82) is 0 Å². The maximum absolute atomic E-state index is 12.5. The van der Waals surface area contributed by atoms with Crippen LogP contribution in [0.4, 0.5) is 5.13 Å². The van der Waals surface area contributed by atoms with E-state index in [2.05, 4.69) is 25.0 Å². The number of nitrogens with two attached hydrogens (primary N) is 1. The summed E-state index contributed by atoms with van der Waals surface area (Å²) in [5, 5.41) is 7.34. The standard InChI is InChI=1S/C12H15N5O8S2.Na.H/c1-24-7(18)3-6-9(11(20)17(6)27(21,22)23)15-10(19)8(16-25-2)5-4-26-12(13)14-5;;/h4,6,9H,3H2,1-2H3,(H2,13,14)(H,15,19)(H,21,22,23);;/q;+1;-1/b16-8-;;. The minimum absolute atomic E-state index is 0. The summed E-state index contributed by atoms with van der Waals surface area (Å²) < 4.78 is 36.3. The van der Waals surface area contributed by atoms with Crippen molar-refractivity contribution in [2.24, 2.45) is 5.16 Å². The molecular weight excluding hydrogens is 429 g/mol. The van der Waals surface area contributed by atoms with E-state index in [1.807, 2.05) is 0 Å². The van der Waals surface area contributed by atoms with Gasteiger partial charge in [0.05, 0.1) is 19.6 Å². The Labute approximate surface area is 186 Å². The van der Waals surface area contributed by atoms with Crippen LogP contribution >= 0.6 is 11.3 Å². The summed E-state index contributed by atoms with van der Waals surface area (Å²) in [6.45, 7) is 0. The zero-order chi connectivity index (χ0) is 20.4. The van der Waals surface area contributed by atoms with Crippen LogP contribution in [0.25, 0.3) is 0 Å². The van der Waals surface area contributed by atoms with Gasteiger partial charge in [0.15, 0.2) is 10.8 Å². The van der Waals surface area contributed by atoms with Gasteiger partial charge in [-0.3, -0.25) is 18.9 Å². The summed E-state index contributed by atoms with van der Waals surface area (Å²) in [5.41, 5.74) is 5.26. The molecule has 0 aromatic carbocycles. The van der Waals surface area contributed by atoms with Crippen LogP contribution in [-0.4, -0.2) is 72.1 Å². The molecule has 2 rings (SSSR count). The molecule has 1 saturated heterocycles. The summed E-state index contributed by atoms with van der Waals surface area (Å²) in [6, 6.07) is -2.79. The fourth-order valence-electron chi connectivity index (χ4n) is 2.32. The number of rotatable bonds is 7. The van der Waals surface area contributed by atoms with Crippen molar-refractivity contribution in [3.8, 4) is 0 Å². The van der Waals surface area contributed by atoms with Gasteiger partial charge in [-0.05, 0) is 0 Å². The first kappa shape index (κ1) is 24.3. The SMILES string of the molecule is CO/N=C(\C(=O)NC1C(=O)N(S(=O)(=O)O)C1CC(=O)OC)c1csc(N)n1.[H-].[Na+]. The molecule has 2 unspecified atom stereocenters. The van der Waals surface area contributed by atoms with Gasteiger partial charge in [-0.2, -0.15) is 8.42 Å². The monoisotopic (exact) mass is 445 g/mol. The molecule has 28 heavy (non-hydrogen) atoms. The fourth-order valence-corrected chi connectivity index (χ4v) is 3.74. The van der Waals surface area contributed by atoms with Crippen molar-refractivity contribution < 1.29 is 67.9 Å². The summed E-state index contributed by atoms with van der Waals surface area (Å²) >= 11 is 1.03. The van der Waals surface area contributed by atoms with Crippen LogP contribution in [0.3, 0.4) is 0 Å². The van der Waals surface area contributed by atoms with Crippen LogP contribution in [0.5, 0.6) is 0 Å². The molecule has 1 fully saturated rings. The molecule has 16 heteroatoms. The van der Waals surface area contributed by atoms with Gasteiger partial charge in [0, 0.05) is 5.38 Å². The van der Waals surface area contributed by atoms with E-state index in [4.69, 9.17) is 10.3 Å². The average molecular weight is 445 g/mol. The van der Waals surface area contributed by atoms with Crippen molar-refractivity contribution in [3.63, 3.8) is 0 Å². The van der Waals surface area contributed by atoms with E-state index in [9.17, 15) is 22.8 Å². The van der Waals surface area contributed by atoms with Gasteiger partial charge in [0.2, 0.25) is 0 Å². The van der Waals surface area contributed by atoms with Gasteiger partial charge in [-0.1, -0.05) is 5.16 Å². The smallest absolute Gasteiger partial charge is 1.00 e. The summed E-state index contributed by atoms with van der Waals surface area (Å²) in [5.74, 6) is -2.90. The minimum atomic E-state index is -4.92. The van der Waals surface area contributed by atoms with Crippen LogP contribution in [0.2, 0.25) is 0 Å². The van der Waals surface area contributed by atoms with Gasteiger partial charge in [0.25, 0.3) is 11.8 Å². The number of hydrogen-bond acceptors (Lipinski definition) is 11. The molecule has 1 aliphatic rings. The molecule has 2 heterocycles. The number of nitrogens with one attached hydrogen (secondary N) is 1. The molecule has 0 aliphatic carbocycles. The number of amides is 2. The van der Waals surface area contributed by atoms with Crippen molar-refractivity contribution in [2.75, 3.05) is 20.0 Å². The van der Waals surface area contributed by atoms with Gasteiger partial charge < -0.3 is 22.1 Å². The number of β-lactam (4-membered cyclic amide) rings is 1. The molecule has 0 bridgehead atoms. The van der Waals surface area contributed by atoms with Crippen molar-refractivity contribution in [3.05, 3.63) is 11.1 Å². The Morgan fingerprint density at radius 1 is 1.50 bits per heavy atom. The maximum Gasteiger partial charge on any atom is 1.00 e. The van der Waals surface area contributed by atoms with Crippen LogP contribution in [0.15, 0.2) is 10.5 Å². The van der Waals surface area contributed by atoms with Gasteiger partial charge >= 0.3 is 45.8 Å². The first-order chi connectivity index (χ1) is 12.6. The predicted octanol–water partition coefficient (Wildman–Crippen LogP) is -4.75. The van der Waals surface area contributed by atoms with Crippen LogP contribution in [-0.2, 0) is 34.3 Å². The van der Waals surface area contributed by atoms with Crippen LogP contribution in [0.1, 0.15) is 13.5 Å². The van der Waals surface area contributed by atoms with Crippen molar-refractivity contribution in [2.45, 2.75) is 18.5 Å². The Balaban J connectivity index is 0.00000392. The number of nitrogen functional groups attached to an aromatic ring is 1. The van der Waals surface area contributed by atoms with Crippen LogP contribution in [0, 0.1) is 0 Å². The Morgan fingerprint density at radius 3 is 2.61 bits per heavy atom. The minimum Gasteiger partial charge on any atom is -1.00 e. The molecule has 150 valence electrons. The summed E-state index contributed by atoms with van der Waals surface area (Å²) in [7, 11) is -2.69. The second kappa shape index (κ2) is 9.62. The molecule has 4 N–H and O–H groups in total. The van der Waals surface area contributed by atoms with E-state index < -0.39 is 46.6 Å². The number of thiazole rings is 1. The molecule has 2 amide bonds. The van der Waals surface area contributed by atoms with Crippen molar-refractivity contribution >= 4 is 50.3 Å². The molecule has 2 atom stereocenters. The van der Waals surface area contributed by atoms with E-state index in [-0.39, 0.29) is 51.8 Å². The third-order valence-electron chi connectivity index (χ3n) is 3.47. The van der Waals surface area contributed by atoms with E-state index in [0.717, 1.165) is 18.4 Å². The number of nitrogens with zero attached hydrogens (tertiary/aromatic N) is 3. The van der Waals surface area contributed by atoms with Crippen molar-refractivity contribution in [1.82, 2.24) is 14.6 Å². The van der Waals surface area contributed by atoms with Crippen LogP contribution < -0.4 is 40.6 Å². The number of aromatic nitrogens is 1. The number of anilines is 1. The number of ether oxygens (including phenoxy) is 1. The molecule has 1 aromatic rings. The number of hydrogen-bond donors (Lipinski definition) is 3. The quantitative estimate of drug-likeness (QED) is 0.0917. The summed E-state index contributed by atoms with van der Waals surface area (Å²) in [4.78, 5) is 44.4. The molecule has 0 spiro atoms. The Bertz CT molecular complexity index is 908. The molecule has 1 aromatic heterocycles. The first-order valence-corrected chi connectivity index (χ1v) is 9.38. The van der Waals surface area contributed by atoms with Gasteiger partial charge in [-0.15, -0.1) is 11.3 Å². The number of methoxy groups -OCH3 is 1. The Morgan fingerprint density at radius 2 is 2.14 bits per heavy atom. The second-order valence-electron chi connectivity index (χ2n) is 5.10. The normalized spacial score (nSPS) is 19.3. The molecule has 0 saturated carbocycles. The Hall–Kier alpha value is -1.78. The fraction of sp³-hybridized carbons (Fsp3) is 0.417. The third kappa shape index (κ3) is 5.18. The van der Waals surface area contributed by atoms with Gasteiger partial charge in [0.1, 0.15) is 18.8 Å². The molecule has 0 radical (unpaired) electrons. The number of esters is 1. The number of carbonyl (C=O) groups is 3. The van der Waals surface area contributed by atoms with E-state index in [0.29, 0.717) is 0 Å². The largest absolute Gasteiger partial charge is 1.00 e. The maximum atomic E-state index is 12.5. The van der Waals surface area contributed by atoms with Gasteiger partial charge in [-0.25, -0.2) is 9.29 Å². The third-order valence-corrected chi connectivity index (χ3v) is 5.09. The van der Waals surface area contributed by atoms with E-state index in [1.54, 1.807) is 0 Å². The Kier molecular flexibility index (Phi) is 8.33. The molecular formula is C12H16N5NaO8S2. The number of oxime groups is 1. The molecule has 1 aliphatic heterocycles. The van der Waals surface area contributed by atoms with E-state index in [1.165, 1.54) is 12.5 Å².